The summed E-state index contributed by atoms with van der Waals surface area (Å²) in [6.45, 7) is 5.33. The quantitative estimate of drug-likeness (QED) is 0.677. The first-order valence-electron chi connectivity index (χ1n) is 10.1. The van der Waals surface area contributed by atoms with Crippen molar-refractivity contribution >= 4 is 28.7 Å². The second kappa shape index (κ2) is 9.12. The second-order valence-corrected chi connectivity index (χ2v) is 9.72. The third kappa shape index (κ3) is 5.17. The van der Waals surface area contributed by atoms with Gasteiger partial charge in [-0.1, -0.05) is 11.8 Å². The maximum absolute atomic E-state index is 15.1. The number of rotatable bonds is 4. The molecule has 170 valence electrons. The van der Waals surface area contributed by atoms with Crippen molar-refractivity contribution in [2.75, 3.05) is 20.0 Å². The van der Waals surface area contributed by atoms with E-state index in [2.05, 4.69) is 5.32 Å². The van der Waals surface area contributed by atoms with Crippen molar-refractivity contribution in [3.8, 4) is 0 Å². The van der Waals surface area contributed by atoms with Gasteiger partial charge in [0.25, 0.3) is 4.92 Å². The van der Waals surface area contributed by atoms with Gasteiger partial charge in [-0.15, -0.1) is 0 Å². The van der Waals surface area contributed by atoms with Crippen LogP contribution in [0.3, 0.4) is 0 Å². The average molecular weight is 455 g/mol. The minimum atomic E-state index is -0.931. The maximum Gasteiger partial charge on any atom is 0.413 e. The summed E-state index contributed by atoms with van der Waals surface area (Å²) >= 11 is 1.39. The van der Waals surface area contributed by atoms with Gasteiger partial charge in [0.2, 0.25) is 0 Å². The zero-order chi connectivity index (χ0) is 22.8. The summed E-state index contributed by atoms with van der Waals surface area (Å²) in [6, 6.07) is 4.10. The number of methoxy groups -OCH3 is 1. The van der Waals surface area contributed by atoms with E-state index in [4.69, 9.17) is 19.3 Å². The molecule has 10 heteroatoms. The van der Waals surface area contributed by atoms with E-state index in [0.29, 0.717) is 40.7 Å². The fraction of sp³-hybridized carbons (Fsp3) is 0.619. The Bertz CT molecular complexity index is 888. The zero-order valence-corrected chi connectivity index (χ0v) is 19.3. The van der Waals surface area contributed by atoms with Crippen molar-refractivity contribution in [1.29, 1.82) is 0 Å². The molecule has 0 saturated heterocycles. The molecule has 2 aliphatic rings. The van der Waals surface area contributed by atoms with E-state index in [-0.39, 0.29) is 17.7 Å². The number of thioether (sulfide) groups is 1. The number of benzene rings is 1. The third-order valence-corrected chi connectivity index (χ3v) is 6.56. The molecule has 31 heavy (non-hydrogen) atoms. The standard InChI is InChI=1S/C21H28FN3O5S/c1-20(2,3)30-19(26)23-18-24-21(9-8-15(28-4)10-13(21)12-31-18)16-11-14(25(27)29-5)6-7-17(16)22/h6-7,11,13,15H,8-10,12H2,1-5H3/p+1. The summed E-state index contributed by atoms with van der Waals surface area (Å²) in [4.78, 5) is 34.2. The molecule has 1 aromatic rings. The van der Waals surface area contributed by atoms with Crippen molar-refractivity contribution < 1.29 is 28.4 Å². The normalized spacial score (nSPS) is 25.8. The number of halogens is 1. The van der Waals surface area contributed by atoms with Crippen LogP contribution in [0, 0.1) is 16.6 Å². The summed E-state index contributed by atoms with van der Waals surface area (Å²) in [6.07, 6.45) is 1.33. The van der Waals surface area contributed by atoms with E-state index in [0.717, 1.165) is 0 Å². The molecule has 1 N–H and O–H groups in total. The molecule has 0 radical (unpaired) electrons. The Morgan fingerprint density at radius 1 is 1.35 bits per heavy atom. The van der Waals surface area contributed by atoms with E-state index in [1.807, 2.05) is 0 Å². The fourth-order valence-corrected chi connectivity index (χ4v) is 5.26. The summed E-state index contributed by atoms with van der Waals surface area (Å²) in [5.41, 5.74) is -1.10. The zero-order valence-electron chi connectivity index (χ0n) is 18.4. The molecule has 1 aromatic carbocycles. The summed E-state index contributed by atoms with van der Waals surface area (Å²) in [7, 11) is 2.92. The lowest BCUT2D eigenvalue weighted by atomic mass is 9.68. The molecule has 8 nitrogen and oxygen atoms in total. The molecule has 3 unspecified atom stereocenters. The van der Waals surface area contributed by atoms with Gasteiger partial charge in [-0.3, -0.25) is 10.3 Å². The lowest BCUT2D eigenvalue weighted by Gasteiger charge is -2.46. The van der Waals surface area contributed by atoms with Crippen LogP contribution in [-0.4, -0.2) is 47.9 Å². The predicted octanol–water partition coefficient (Wildman–Crippen LogP) is 4.44. The Balaban J connectivity index is 2.02. The van der Waals surface area contributed by atoms with E-state index in [1.54, 1.807) is 27.9 Å². The smallest absolute Gasteiger partial charge is 0.413 e. The number of amides is 1. The fourth-order valence-electron chi connectivity index (χ4n) is 4.11. The minimum Gasteiger partial charge on any atom is -0.444 e. The molecule has 1 aliphatic heterocycles. The molecule has 0 aromatic heterocycles. The molecule has 1 aliphatic carbocycles. The molecular formula is C21H29FN3O5S+. The number of nitrogens with one attached hydrogen (secondary N) is 1. The van der Waals surface area contributed by atoms with Crippen LogP contribution in [0.1, 0.15) is 45.6 Å². The SMILES string of the molecule is COC1CCC2(c3cc([N+](=O)OC)ccc3F)N=C(NC(=O)OC(C)(C)C)SCC2C1. The topological polar surface area (TPSA) is 89.2 Å². The Morgan fingerprint density at radius 2 is 2.10 bits per heavy atom. The number of fused-ring (bicyclic) bond motifs is 1. The highest BCUT2D eigenvalue weighted by Gasteiger charge is 2.49. The van der Waals surface area contributed by atoms with Crippen molar-refractivity contribution in [2.24, 2.45) is 10.9 Å². The van der Waals surface area contributed by atoms with Crippen LogP contribution >= 0.6 is 11.8 Å². The van der Waals surface area contributed by atoms with Crippen LogP contribution in [0.5, 0.6) is 0 Å². The minimum absolute atomic E-state index is 0.0345. The third-order valence-electron chi connectivity index (χ3n) is 5.53. The number of alkyl carbamates (subject to hydrolysis) is 1. The van der Waals surface area contributed by atoms with E-state index in [9.17, 15) is 9.70 Å². The predicted molar refractivity (Wildman–Crippen MR) is 116 cm³/mol. The number of aliphatic imine (C=N–C) groups is 1. The second-order valence-electron chi connectivity index (χ2n) is 8.71. The Hall–Kier alpha value is -2.20. The number of carbonyl (C=O) groups excluding carboxylic acids is 1. The molecule has 0 spiro atoms. The van der Waals surface area contributed by atoms with Crippen molar-refractivity contribution in [1.82, 2.24) is 5.32 Å². The highest BCUT2D eigenvalue weighted by atomic mass is 32.2. The average Bonchev–Trinajstić information content (AvgIpc) is 2.71. The monoisotopic (exact) mass is 454 g/mol. The van der Waals surface area contributed by atoms with E-state index in [1.165, 1.54) is 37.1 Å². The molecular weight excluding hydrogens is 425 g/mol. The highest BCUT2D eigenvalue weighted by molar-refractivity contribution is 8.13. The van der Waals surface area contributed by atoms with Gasteiger partial charge < -0.3 is 9.47 Å². The van der Waals surface area contributed by atoms with Gasteiger partial charge in [0.1, 0.15) is 11.4 Å². The molecule has 3 rings (SSSR count). The van der Waals surface area contributed by atoms with Crippen molar-refractivity contribution in [3.63, 3.8) is 0 Å². The Morgan fingerprint density at radius 3 is 2.74 bits per heavy atom. The lowest BCUT2D eigenvalue weighted by Crippen LogP contribution is -2.48. The summed E-state index contributed by atoms with van der Waals surface area (Å²) in [5.74, 6) is 0.123. The number of hydrogen-bond donors (Lipinski definition) is 1. The largest absolute Gasteiger partial charge is 0.444 e. The van der Waals surface area contributed by atoms with Gasteiger partial charge in [0.05, 0.1) is 16.5 Å². The van der Waals surface area contributed by atoms with E-state index < -0.39 is 23.1 Å². The molecule has 1 amide bonds. The Labute approximate surface area is 185 Å². The molecule has 1 fully saturated rings. The first-order chi connectivity index (χ1) is 14.6. The Kier molecular flexibility index (Phi) is 6.90. The van der Waals surface area contributed by atoms with Gasteiger partial charge in [0, 0.05) is 36.5 Å². The highest BCUT2D eigenvalue weighted by Crippen LogP contribution is 2.50. The van der Waals surface area contributed by atoms with Gasteiger partial charge >= 0.3 is 11.8 Å². The lowest BCUT2D eigenvalue weighted by molar-refractivity contribution is -0.736. The molecule has 3 atom stereocenters. The molecule has 1 saturated carbocycles. The van der Waals surface area contributed by atoms with Crippen LogP contribution in [0.2, 0.25) is 0 Å². The van der Waals surface area contributed by atoms with Crippen LogP contribution in [0.25, 0.3) is 0 Å². The van der Waals surface area contributed by atoms with Crippen LogP contribution in [0.4, 0.5) is 14.9 Å². The van der Waals surface area contributed by atoms with E-state index >= 15 is 4.39 Å². The molecule has 1 heterocycles. The maximum atomic E-state index is 15.1. The van der Waals surface area contributed by atoms with Gasteiger partial charge in [-0.25, -0.2) is 14.0 Å². The summed E-state index contributed by atoms with van der Waals surface area (Å²) < 4.78 is 26.0. The van der Waals surface area contributed by atoms with Crippen molar-refractivity contribution in [3.05, 3.63) is 34.5 Å². The van der Waals surface area contributed by atoms with Gasteiger partial charge in [-0.2, -0.15) is 0 Å². The van der Waals surface area contributed by atoms with Crippen LogP contribution < -0.4 is 5.32 Å². The number of ether oxygens (including phenoxy) is 2. The van der Waals surface area contributed by atoms with Gasteiger partial charge in [0.15, 0.2) is 12.3 Å². The number of amidine groups is 1. The number of carbonyl (C=O) groups is 1. The van der Waals surface area contributed by atoms with Gasteiger partial charge in [-0.05, 0) is 46.1 Å². The molecule has 0 bridgehead atoms. The first kappa shape index (κ1) is 23.5. The van der Waals surface area contributed by atoms with Crippen LogP contribution in [0.15, 0.2) is 23.2 Å². The van der Waals surface area contributed by atoms with Crippen molar-refractivity contribution in [2.45, 2.75) is 57.3 Å². The summed E-state index contributed by atoms with van der Waals surface area (Å²) in [5, 5.41) is 3.07. The number of hydrogen-bond acceptors (Lipinski definition) is 7. The number of nitrogens with zero attached hydrogens (tertiary/aromatic N) is 2. The first-order valence-corrected chi connectivity index (χ1v) is 11.1. The van der Waals surface area contributed by atoms with Crippen LogP contribution in [-0.2, 0) is 19.9 Å².